The predicted octanol–water partition coefficient (Wildman–Crippen LogP) is 4.16. The largest absolute Gasteiger partial charge is 0.488 e. The fourth-order valence-corrected chi connectivity index (χ4v) is 4.12. The highest BCUT2D eigenvalue weighted by Gasteiger charge is 2.27. The Morgan fingerprint density at radius 3 is 2.94 bits per heavy atom. The molecule has 0 unspecified atom stereocenters. The lowest BCUT2D eigenvalue weighted by atomic mass is 10.1. The summed E-state index contributed by atoms with van der Waals surface area (Å²) in [6.45, 7) is -0.441. The Hall–Kier alpha value is -4.01. The van der Waals surface area contributed by atoms with Crippen LogP contribution in [0.4, 0.5) is 10.1 Å². The van der Waals surface area contributed by atoms with E-state index < -0.39 is 12.7 Å². The molecule has 4 aromatic rings. The second-order valence-electron chi connectivity index (χ2n) is 8.29. The van der Waals surface area contributed by atoms with E-state index in [4.69, 9.17) is 4.74 Å². The zero-order valence-corrected chi connectivity index (χ0v) is 17.7. The average molecular weight is 444 g/mol. The van der Waals surface area contributed by atoms with E-state index in [9.17, 15) is 9.18 Å². The summed E-state index contributed by atoms with van der Waals surface area (Å²) in [6.07, 6.45) is 11.1. The van der Waals surface area contributed by atoms with Crippen LogP contribution in [0.2, 0.25) is 0 Å². The molecule has 1 fully saturated rings. The van der Waals surface area contributed by atoms with Gasteiger partial charge in [0, 0.05) is 30.7 Å². The standard InChI is InChI=1S/C24H21FN6O2/c25-11-17-13-33-22-18(23-27-8-9-31(17)23)2-1-3-19(22)29-24(32)20-10-16(6-7-26-20)30-12-21(28-14-30)15-4-5-15/h1-3,6-10,12,14-15,17H,4-5,11,13H2,(H,29,32)/t17-/m1/s1. The third-order valence-electron chi connectivity index (χ3n) is 6.04. The Morgan fingerprint density at radius 1 is 1.18 bits per heavy atom. The molecule has 8 nitrogen and oxygen atoms in total. The van der Waals surface area contributed by atoms with Gasteiger partial charge in [0.25, 0.3) is 5.91 Å². The summed E-state index contributed by atoms with van der Waals surface area (Å²) in [5.41, 5.74) is 3.33. The van der Waals surface area contributed by atoms with Gasteiger partial charge in [-0.3, -0.25) is 9.78 Å². The number of ether oxygens (including phenoxy) is 1. The summed E-state index contributed by atoms with van der Waals surface area (Å²) < 4.78 is 23.2. The number of hydrogen-bond donors (Lipinski definition) is 1. The van der Waals surface area contributed by atoms with Crippen molar-refractivity contribution in [1.82, 2.24) is 24.1 Å². The summed E-state index contributed by atoms with van der Waals surface area (Å²) in [4.78, 5) is 26.2. The molecule has 1 atom stereocenters. The molecule has 1 N–H and O–H groups in total. The van der Waals surface area contributed by atoms with Crippen LogP contribution in [-0.2, 0) is 0 Å². The molecule has 2 aliphatic rings. The number of imidazole rings is 2. The number of aromatic nitrogens is 5. The monoisotopic (exact) mass is 444 g/mol. The smallest absolute Gasteiger partial charge is 0.274 e. The number of rotatable bonds is 5. The van der Waals surface area contributed by atoms with Crippen molar-refractivity contribution in [3.05, 3.63) is 72.8 Å². The first-order valence-corrected chi connectivity index (χ1v) is 10.9. The number of para-hydroxylation sites is 1. The number of carbonyl (C=O) groups is 1. The van der Waals surface area contributed by atoms with Gasteiger partial charge >= 0.3 is 0 Å². The van der Waals surface area contributed by atoms with Crippen molar-refractivity contribution in [1.29, 1.82) is 0 Å². The normalized spacial score (nSPS) is 16.9. The number of fused-ring (bicyclic) bond motifs is 3. The number of nitrogens with zero attached hydrogens (tertiary/aromatic N) is 5. The van der Waals surface area contributed by atoms with Gasteiger partial charge < -0.3 is 19.2 Å². The number of hydrogen-bond acceptors (Lipinski definition) is 5. The molecule has 6 rings (SSSR count). The Balaban J connectivity index is 1.29. The molecule has 4 heterocycles. The quantitative estimate of drug-likeness (QED) is 0.499. The van der Waals surface area contributed by atoms with Gasteiger partial charge in [-0.1, -0.05) is 6.07 Å². The number of amides is 1. The number of anilines is 1. The highest BCUT2D eigenvalue weighted by molar-refractivity contribution is 6.04. The summed E-state index contributed by atoms with van der Waals surface area (Å²) >= 11 is 0. The van der Waals surface area contributed by atoms with Gasteiger partial charge in [-0.2, -0.15) is 0 Å². The molecular weight excluding hydrogens is 423 g/mol. The lowest BCUT2D eigenvalue weighted by Crippen LogP contribution is -2.18. The van der Waals surface area contributed by atoms with E-state index in [1.807, 2.05) is 22.9 Å². The molecule has 1 aromatic carbocycles. The average Bonchev–Trinajstić information content (AvgIpc) is 3.42. The predicted molar refractivity (Wildman–Crippen MR) is 119 cm³/mol. The number of carbonyl (C=O) groups excluding carboxylic acids is 1. The number of halogens is 1. The van der Waals surface area contributed by atoms with E-state index in [2.05, 4.69) is 20.3 Å². The first-order valence-electron chi connectivity index (χ1n) is 10.9. The number of nitrogens with one attached hydrogen (secondary N) is 1. The van der Waals surface area contributed by atoms with Crippen molar-refractivity contribution in [3.8, 4) is 22.8 Å². The van der Waals surface area contributed by atoms with Crippen LogP contribution in [0.3, 0.4) is 0 Å². The second-order valence-corrected chi connectivity index (χ2v) is 8.29. The Morgan fingerprint density at radius 2 is 2.09 bits per heavy atom. The van der Waals surface area contributed by atoms with Crippen LogP contribution in [0, 0.1) is 0 Å². The molecule has 0 radical (unpaired) electrons. The van der Waals surface area contributed by atoms with Gasteiger partial charge in [0.1, 0.15) is 24.8 Å². The van der Waals surface area contributed by atoms with Gasteiger partial charge in [0.2, 0.25) is 0 Å². The minimum atomic E-state index is -0.577. The van der Waals surface area contributed by atoms with Crippen LogP contribution in [-0.4, -0.2) is 43.3 Å². The van der Waals surface area contributed by atoms with E-state index in [0.717, 1.165) is 11.4 Å². The van der Waals surface area contributed by atoms with Crippen molar-refractivity contribution in [2.75, 3.05) is 18.6 Å². The zero-order valence-electron chi connectivity index (χ0n) is 17.7. The fraction of sp³-hybridized carbons (Fsp3) is 0.250. The molecule has 1 saturated carbocycles. The first kappa shape index (κ1) is 19.7. The van der Waals surface area contributed by atoms with Gasteiger partial charge in [-0.25, -0.2) is 14.4 Å². The van der Waals surface area contributed by atoms with Crippen LogP contribution in [0.15, 0.2) is 61.4 Å². The lowest BCUT2D eigenvalue weighted by Gasteiger charge is -2.15. The third kappa shape index (κ3) is 3.55. The number of alkyl halides is 1. The molecule has 0 spiro atoms. The van der Waals surface area contributed by atoms with Gasteiger partial charge in [0.05, 0.1) is 35.0 Å². The van der Waals surface area contributed by atoms with Crippen LogP contribution in [0.25, 0.3) is 17.1 Å². The Labute approximate surface area is 189 Å². The van der Waals surface area contributed by atoms with Crippen LogP contribution in [0.5, 0.6) is 5.75 Å². The zero-order chi connectivity index (χ0) is 22.4. The molecule has 166 valence electrons. The van der Waals surface area contributed by atoms with E-state index in [1.165, 1.54) is 12.8 Å². The first-order chi connectivity index (χ1) is 16.2. The molecule has 0 bridgehead atoms. The maximum absolute atomic E-state index is 13.6. The summed E-state index contributed by atoms with van der Waals surface area (Å²) in [5.74, 6) is 1.25. The molecule has 1 aliphatic carbocycles. The molecule has 1 amide bonds. The van der Waals surface area contributed by atoms with Crippen LogP contribution < -0.4 is 10.1 Å². The minimum Gasteiger partial charge on any atom is -0.488 e. The van der Waals surface area contributed by atoms with Crippen LogP contribution in [0.1, 0.15) is 41.0 Å². The van der Waals surface area contributed by atoms with E-state index in [1.54, 1.807) is 47.7 Å². The molecule has 9 heteroatoms. The van der Waals surface area contributed by atoms with Gasteiger partial charge in [-0.15, -0.1) is 0 Å². The van der Waals surface area contributed by atoms with E-state index in [-0.39, 0.29) is 18.2 Å². The van der Waals surface area contributed by atoms with Crippen molar-refractivity contribution >= 4 is 11.6 Å². The van der Waals surface area contributed by atoms with Crippen molar-refractivity contribution < 1.29 is 13.9 Å². The van der Waals surface area contributed by atoms with Gasteiger partial charge in [0.15, 0.2) is 5.75 Å². The number of benzene rings is 1. The minimum absolute atomic E-state index is 0.136. The van der Waals surface area contributed by atoms with Crippen LogP contribution >= 0.6 is 0 Å². The SMILES string of the molecule is O=C(Nc1cccc2c1OC[C@@H](CF)n1ccnc1-2)c1cc(-n2cnc(C3CC3)c2)ccn1. The summed E-state index contributed by atoms with van der Waals surface area (Å²) in [5, 5.41) is 2.90. The number of pyridine rings is 1. The molecule has 0 saturated heterocycles. The van der Waals surface area contributed by atoms with E-state index in [0.29, 0.717) is 28.7 Å². The Kier molecular flexibility index (Phi) is 4.67. The summed E-state index contributed by atoms with van der Waals surface area (Å²) in [7, 11) is 0. The van der Waals surface area contributed by atoms with Crippen molar-refractivity contribution in [2.24, 2.45) is 0 Å². The lowest BCUT2D eigenvalue weighted by molar-refractivity contribution is 0.102. The van der Waals surface area contributed by atoms with E-state index >= 15 is 0 Å². The molecular formula is C24H21FN6O2. The Bertz CT molecular complexity index is 1340. The highest BCUT2D eigenvalue weighted by Crippen LogP contribution is 2.40. The third-order valence-corrected chi connectivity index (χ3v) is 6.04. The second kappa shape index (κ2) is 7.84. The van der Waals surface area contributed by atoms with Gasteiger partial charge in [-0.05, 0) is 37.1 Å². The highest BCUT2D eigenvalue weighted by atomic mass is 19.1. The van der Waals surface area contributed by atoms with Crippen molar-refractivity contribution in [2.45, 2.75) is 24.8 Å². The summed E-state index contributed by atoms with van der Waals surface area (Å²) in [6, 6.07) is 8.49. The fourth-order valence-electron chi connectivity index (χ4n) is 4.12. The van der Waals surface area contributed by atoms with Crippen molar-refractivity contribution in [3.63, 3.8) is 0 Å². The molecule has 3 aromatic heterocycles. The topological polar surface area (TPSA) is 86.9 Å². The maximum atomic E-state index is 13.6. The maximum Gasteiger partial charge on any atom is 0.274 e. The molecule has 33 heavy (non-hydrogen) atoms. The molecule has 1 aliphatic heterocycles.